The van der Waals surface area contributed by atoms with Gasteiger partial charge >= 0.3 is 0 Å². The molecule has 1 aromatic heterocycles. The molecule has 0 aliphatic heterocycles. The molecule has 0 radical (unpaired) electrons. The van der Waals surface area contributed by atoms with E-state index in [0.29, 0.717) is 6.54 Å². The van der Waals surface area contributed by atoms with Crippen LogP contribution in [0.2, 0.25) is 0 Å². The van der Waals surface area contributed by atoms with Crippen LogP contribution < -0.4 is 10.6 Å². The summed E-state index contributed by atoms with van der Waals surface area (Å²) >= 11 is 0. The summed E-state index contributed by atoms with van der Waals surface area (Å²) in [6, 6.07) is 8.22. The van der Waals surface area contributed by atoms with Gasteiger partial charge in [-0.1, -0.05) is 18.2 Å². The van der Waals surface area contributed by atoms with Gasteiger partial charge in [0.1, 0.15) is 0 Å². The van der Waals surface area contributed by atoms with Crippen LogP contribution in [0.3, 0.4) is 0 Å². The minimum atomic E-state index is -0.265. The van der Waals surface area contributed by atoms with Gasteiger partial charge in [-0.2, -0.15) is 0 Å². The summed E-state index contributed by atoms with van der Waals surface area (Å²) in [4.78, 5) is 14.9. The Hall–Kier alpha value is -1.81. The lowest BCUT2D eigenvalue weighted by molar-refractivity contribution is -0.121. The van der Waals surface area contributed by atoms with E-state index in [9.17, 15) is 4.79 Å². The van der Waals surface area contributed by atoms with E-state index in [2.05, 4.69) is 27.8 Å². The molecule has 0 bridgehead atoms. The molecule has 0 aliphatic rings. The number of aromatic nitrogens is 1. The summed E-state index contributed by atoms with van der Waals surface area (Å²) < 4.78 is 0. The minimum absolute atomic E-state index is 0.0207. The highest BCUT2D eigenvalue weighted by atomic mass is 16.2. The van der Waals surface area contributed by atoms with Crippen LogP contribution in [0.5, 0.6) is 0 Å². The largest absolute Gasteiger partial charge is 0.361 e. The highest BCUT2D eigenvalue weighted by Gasteiger charge is 2.22. The van der Waals surface area contributed by atoms with E-state index in [1.54, 1.807) is 7.05 Å². The lowest BCUT2D eigenvalue weighted by Gasteiger charge is -2.26. The number of carbonyl (C=O) groups excluding carboxylic acids is 1. The van der Waals surface area contributed by atoms with Crippen LogP contribution >= 0.6 is 0 Å². The van der Waals surface area contributed by atoms with Crippen molar-refractivity contribution in [2.24, 2.45) is 0 Å². The summed E-state index contributed by atoms with van der Waals surface area (Å²) in [7, 11) is 1.77. The Bertz CT molecular complexity index is 572. The molecule has 0 aliphatic carbocycles. The van der Waals surface area contributed by atoms with Gasteiger partial charge in [-0.05, 0) is 38.9 Å². The first kappa shape index (κ1) is 13.6. The summed E-state index contributed by atoms with van der Waals surface area (Å²) in [6.07, 6.45) is 2.82. The number of hydrogen-bond acceptors (Lipinski definition) is 2. The summed E-state index contributed by atoms with van der Waals surface area (Å²) in [5, 5.41) is 7.13. The quantitative estimate of drug-likeness (QED) is 0.767. The van der Waals surface area contributed by atoms with E-state index >= 15 is 0 Å². The molecule has 0 saturated heterocycles. The number of para-hydroxylation sites is 1. The fraction of sp³-hybridized carbons (Fsp3) is 0.400. The first-order valence-corrected chi connectivity index (χ1v) is 6.52. The molecule has 0 saturated carbocycles. The third kappa shape index (κ3) is 3.35. The number of benzene rings is 1. The van der Waals surface area contributed by atoms with E-state index in [4.69, 9.17) is 0 Å². The summed E-state index contributed by atoms with van der Waals surface area (Å²) in [5.74, 6) is 0.0207. The molecule has 0 unspecified atom stereocenters. The molecule has 0 atom stereocenters. The lowest BCUT2D eigenvalue weighted by Crippen LogP contribution is -2.47. The maximum atomic E-state index is 11.7. The normalized spacial score (nSPS) is 11.7. The Labute approximate surface area is 113 Å². The Morgan fingerprint density at radius 1 is 1.32 bits per heavy atom. The number of fused-ring (bicyclic) bond motifs is 1. The minimum Gasteiger partial charge on any atom is -0.361 e. The van der Waals surface area contributed by atoms with Gasteiger partial charge in [0.2, 0.25) is 5.91 Å². The molecule has 4 heteroatoms. The van der Waals surface area contributed by atoms with Gasteiger partial charge in [0, 0.05) is 22.6 Å². The van der Waals surface area contributed by atoms with E-state index in [0.717, 1.165) is 11.9 Å². The van der Waals surface area contributed by atoms with Gasteiger partial charge in [-0.3, -0.25) is 4.79 Å². The number of likely N-dealkylation sites (N-methyl/N-ethyl adjacent to an activating group) is 1. The molecule has 1 heterocycles. The number of nitrogens with one attached hydrogen (secondary N) is 3. The second-order valence-corrected chi connectivity index (χ2v) is 5.50. The third-order valence-corrected chi connectivity index (χ3v) is 3.12. The van der Waals surface area contributed by atoms with Crippen LogP contribution in [-0.2, 0) is 11.2 Å². The van der Waals surface area contributed by atoms with Crippen molar-refractivity contribution in [3.05, 3.63) is 36.0 Å². The summed E-state index contributed by atoms with van der Waals surface area (Å²) in [6.45, 7) is 4.43. The van der Waals surface area contributed by atoms with Crippen molar-refractivity contribution in [3.63, 3.8) is 0 Å². The molecule has 4 nitrogen and oxygen atoms in total. The van der Waals surface area contributed by atoms with Crippen LogP contribution in [0.15, 0.2) is 30.5 Å². The molecule has 3 N–H and O–H groups in total. The predicted molar refractivity (Wildman–Crippen MR) is 78.2 cm³/mol. The Balaban J connectivity index is 2.13. The predicted octanol–water partition coefficient (Wildman–Crippen LogP) is 1.82. The summed E-state index contributed by atoms with van der Waals surface area (Å²) in [5.41, 5.74) is 2.10. The molecule has 1 amide bonds. The third-order valence-electron chi connectivity index (χ3n) is 3.12. The number of hydrogen-bond donors (Lipinski definition) is 3. The highest BCUT2D eigenvalue weighted by molar-refractivity contribution is 5.83. The molecule has 2 rings (SSSR count). The van der Waals surface area contributed by atoms with Crippen molar-refractivity contribution in [2.75, 3.05) is 13.6 Å². The van der Waals surface area contributed by atoms with Crippen molar-refractivity contribution >= 4 is 16.8 Å². The van der Waals surface area contributed by atoms with Crippen molar-refractivity contribution in [1.29, 1.82) is 0 Å². The second kappa shape index (κ2) is 5.45. The van der Waals surface area contributed by atoms with Crippen molar-refractivity contribution in [2.45, 2.75) is 25.8 Å². The van der Waals surface area contributed by atoms with Gasteiger partial charge < -0.3 is 15.6 Å². The molecular weight excluding hydrogens is 238 g/mol. The number of H-pyrrole nitrogens is 1. The van der Waals surface area contributed by atoms with Crippen LogP contribution in [0.4, 0.5) is 0 Å². The van der Waals surface area contributed by atoms with Gasteiger partial charge in [0.15, 0.2) is 0 Å². The molecule has 19 heavy (non-hydrogen) atoms. The first-order valence-electron chi connectivity index (χ1n) is 6.52. The maximum Gasteiger partial charge on any atom is 0.234 e. The van der Waals surface area contributed by atoms with E-state index in [1.165, 1.54) is 10.9 Å². The van der Waals surface area contributed by atoms with Gasteiger partial charge in [-0.25, -0.2) is 0 Å². The zero-order chi connectivity index (χ0) is 13.9. The van der Waals surface area contributed by atoms with Crippen molar-refractivity contribution < 1.29 is 4.79 Å². The Morgan fingerprint density at radius 3 is 2.79 bits per heavy atom. The first-order chi connectivity index (χ1) is 9.02. The standard InChI is InChI=1S/C15H21N3O/c1-15(2,18-14(19)10-16-3)8-11-9-17-13-7-5-4-6-12(11)13/h4-7,9,16-17H,8,10H2,1-3H3,(H,18,19). The lowest BCUT2D eigenvalue weighted by atomic mass is 9.94. The van der Waals surface area contributed by atoms with E-state index in [-0.39, 0.29) is 11.4 Å². The van der Waals surface area contributed by atoms with Crippen molar-refractivity contribution in [3.8, 4) is 0 Å². The zero-order valence-electron chi connectivity index (χ0n) is 11.7. The molecule has 0 spiro atoms. The van der Waals surface area contributed by atoms with Gasteiger partial charge in [0.05, 0.1) is 6.54 Å². The maximum absolute atomic E-state index is 11.7. The molecule has 102 valence electrons. The fourth-order valence-electron chi connectivity index (χ4n) is 2.38. The van der Waals surface area contributed by atoms with Crippen molar-refractivity contribution in [1.82, 2.24) is 15.6 Å². The number of amides is 1. The highest BCUT2D eigenvalue weighted by Crippen LogP contribution is 2.22. The van der Waals surface area contributed by atoms with Gasteiger partial charge in [-0.15, -0.1) is 0 Å². The SMILES string of the molecule is CNCC(=O)NC(C)(C)Cc1c[nH]c2ccccc12. The van der Waals surface area contributed by atoms with Gasteiger partial charge in [0.25, 0.3) is 0 Å². The molecular formula is C15H21N3O. The topological polar surface area (TPSA) is 56.9 Å². The van der Waals surface area contributed by atoms with E-state index in [1.807, 2.05) is 32.2 Å². The monoisotopic (exact) mass is 259 g/mol. The molecule has 1 aromatic carbocycles. The number of aromatic amines is 1. The van der Waals surface area contributed by atoms with Crippen LogP contribution in [0.25, 0.3) is 10.9 Å². The van der Waals surface area contributed by atoms with Crippen LogP contribution in [-0.4, -0.2) is 30.0 Å². The molecule has 0 fully saturated rings. The van der Waals surface area contributed by atoms with E-state index < -0.39 is 0 Å². The fourth-order valence-corrected chi connectivity index (χ4v) is 2.38. The Kier molecular flexibility index (Phi) is 3.90. The average molecular weight is 259 g/mol. The Morgan fingerprint density at radius 2 is 2.05 bits per heavy atom. The van der Waals surface area contributed by atoms with Crippen LogP contribution in [0, 0.1) is 0 Å². The molecule has 2 aromatic rings. The smallest absolute Gasteiger partial charge is 0.234 e. The second-order valence-electron chi connectivity index (χ2n) is 5.50. The average Bonchev–Trinajstić information content (AvgIpc) is 2.72. The number of carbonyl (C=O) groups is 1. The number of rotatable bonds is 5. The zero-order valence-corrected chi connectivity index (χ0v) is 11.7. The van der Waals surface area contributed by atoms with Crippen LogP contribution in [0.1, 0.15) is 19.4 Å².